The third kappa shape index (κ3) is 4.22. The molecule has 8 heteroatoms. The van der Waals surface area contributed by atoms with E-state index < -0.39 is 12.0 Å². The highest BCUT2D eigenvalue weighted by atomic mass is 32.1. The number of alkyl carbamates (subject to hydrolysis) is 1. The maximum Gasteiger partial charge on any atom is 0.408 e. The largest absolute Gasteiger partial charge is 0.434 e. The minimum Gasteiger partial charge on any atom is -0.434 e. The van der Waals surface area contributed by atoms with Crippen LogP contribution in [0.25, 0.3) is 10.1 Å². The number of hydrogen-bond donors (Lipinski definition) is 2. The molecule has 1 aromatic heterocycles. The first-order valence-electron chi connectivity index (χ1n) is 7.05. The van der Waals surface area contributed by atoms with Crippen LogP contribution in [0, 0.1) is 22.7 Å². The zero-order valence-corrected chi connectivity index (χ0v) is 13.4. The molecule has 2 amide bonds. The average molecular weight is 342 g/mol. The van der Waals surface area contributed by atoms with Crippen molar-refractivity contribution in [3.05, 3.63) is 35.2 Å². The predicted molar refractivity (Wildman–Crippen MR) is 88.2 cm³/mol. The van der Waals surface area contributed by atoms with Crippen LogP contribution in [0.2, 0.25) is 0 Å². The van der Waals surface area contributed by atoms with Crippen molar-refractivity contribution in [3.8, 4) is 12.1 Å². The van der Waals surface area contributed by atoms with Gasteiger partial charge in [-0.05, 0) is 22.4 Å². The molecule has 2 aromatic rings. The van der Waals surface area contributed by atoms with E-state index in [1.807, 2.05) is 35.7 Å². The Kier molecular flexibility index (Phi) is 6.12. The Hall–Kier alpha value is -3.10. The smallest absolute Gasteiger partial charge is 0.408 e. The van der Waals surface area contributed by atoms with E-state index in [0.29, 0.717) is 0 Å². The van der Waals surface area contributed by atoms with Gasteiger partial charge in [0.1, 0.15) is 12.6 Å². The van der Waals surface area contributed by atoms with Crippen molar-refractivity contribution in [1.82, 2.24) is 10.6 Å². The molecule has 0 fully saturated rings. The second kappa shape index (κ2) is 8.51. The minimum absolute atomic E-state index is 0.00223. The fourth-order valence-electron chi connectivity index (χ4n) is 2.20. The molecule has 7 nitrogen and oxygen atoms in total. The van der Waals surface area contributed by atoms with E-state index in [4.69, 9.17) is 10.5 Å². The Morgan fingerprint density at radius 2 is 2.00 bits per heavy atom. The van der Waals surface area contributed by atoms with Gasteiger partial charge >= 0.3 is 6.09 Å². The zero-order valence-electron chi connectivity index (χ0n) is 12.6. The number of carbonyl (C=O) groups excluding carboxylic acids is 2. The van der Waals surface area contributed by atoms with Crippen LogP contribution in [0.5, 0.6) is 0 Å². The maximum atomic E-state index is 12.4. The summed E-state index contributed by atoms with van der Waals surface area (Å²) in [6.45, 7) is -0.475. The number of amides is 2. The molecule has 0 aliphatic carbocycles. The van der Waals surface area contributed by atoms with Gasteiger partial charge < -0.3 is 15.4 Å². The van der Waals surface area contributed by atoms with Crippen molar-refractivity contribution < 1.29 is 14.3 Å². The molecule has 0 saturated carbocycles. The van der Waals surface area contributed by atoms with Gasteiger partial charge in [0.2, 0.25) is 5.91 Å². The molecule has 1 atom stereocenters. The van der Waals surface area contributed by atoms with Crippen LogP contribution in [-0.4, -0.2) is 31.7 Å². The Morgan fingerprint density at radius 1 is 1.21 bits per heavy atom. The second-order valence-electron chi connectivity index (χ2n) is 4.73. The third-order valence-electron chi connectivity index (χ3n) is 3.26. The molecule has 0 radical (unpaired) electrons. The summed E-state index contributed by atoms with van der Waals surface area (Å²) in [7, 11) is 0. The summed E-state index contributed by atoms with van der Waals surface area (Å²) in [6.07, 6.45) is -0.769. The van der Waals surface area contributed by atoms with Gasteiger partial charge in [-0.2, -0.15) is 10.5 Å². The first-order chi connectivity index (χ1) is 11.7. The Morgan fingerprint density at radius 3 is 2.75 bits per heavy atom. The van der Waals surface area contributed by atoms with Crippen molar-refractivity contribution in [2.24, 2.45) is 0 Å². The van der Waals surface area contributed by atoms with E-state index in [-0.39, 0.29) is 25.6 Å². The number of fused-ring (bicyclic) bond motifs is 1. The Labute approximate surface area is 142 Å². The van der Waals surface area contributed by atoms with Gasteiger partial charge in [-0.1, -0.05) is 18.2 Å². The molecular formula is C16H14N4O3S. The van der Waals surface area contributed by atoms with Crippen molar-refractivity contribution >= 4 is 33.4 Å². The van der Waals surface area contributed by atoms with Crippen LogP contribution < -0.4 is 10.6 Å². The first-order valence-corrected chi connectivity index (χ1v) is 7.93. The van der Waals surface area contributed by atoms with Gasteiger partial charge in [0.25, 0.3) is 0 Å². The quantitative estimate of drug-likeness (QED) is 0.778. The lowest BCUT2D eigenvalue weighted by molar-refractivity contribution is -0.122. The molecule has 0 spiro atoms. The van der Waals surface area contributed by atoms with Crippen molar-refractivity contribution in [2.75, 3.05) is 19.7 Å². The third-order valence-corrected chi connectivity index (χ3v) is 4.24. The van der Waals surface area contributed by atoms with Gasteiger partial charge in [0, 0.05) is 11.2 Å². The maximum absolute atomic E-state index is 12.4. The average Bonchev–Trinajstić information content (AvgIpc) is 3.02. The number of carbonyl (C=O) groups is 2. The molecule has 1 unspecified atom stereocenters. The number of nitrogens with one attached hydrogen (secondary N) is 2. The molecule has 1 heterocycles. The van der Waals surface area contributed by atoms with Gasteiger partial charge in [-0.15, -0.1) is 11.3 Å². The summed E-state index contributed by atoms with van der Waals surface area (Å²) < 4.78 is 5.64. The lowest BCUT2D eigenvalue weighted by atomic mass is 9.97. The summed E-state index contributed by atoms with van der Waals surface area (Å²) in [6, 6.07) is 11.2. The molecule has 2 rings (SSSR count). The molecule has 1 aromatic carbocycles. The normalized spacial score (nSPS) is 11.1. The van der Waals surface area contributed by atoms with Crippen molar-refractivity contribution in [1.29, 1.82) is 10.5 Å². The molecule has 2 N–H and O–H groups in total. The van der Waals surface area contributed by atoms with E-state index >= 15 is 0 Å². The molecule has 0 saturated heterocycles. The molecule has 0 aliphatic heterocycles. The fraction of sp³-hybridized carbons (Fsp3) is 0.250. The van der Waals surface area contributed by atoms with Crippen molar-refractivity contribution in [2.45, 2.75) is 5.92 Å². The highest BCUT2D eigenvalue weighted by Gasteiger charge is 2.24. The molecule has 122 valence electrons. The molecular weight excluding hydrogens is 328 g/mol. The summed E-state index contributed by atoms with van der Waals surface area (Å²) in [5, 5.41) is 24.8. The van der Waals surface area contributed by atoms with Crippen LogP contribution in [0.15, 0.2) is 29.6 Å². The van der Waals surface area contributed by atoms with E-state index in [9.17, 15) is 9.59 Å². The first kappa shape index (κ1) is 17.3. The van der Waals surface area contributed by atoms with Gasteiger partial charge in [0.15, 0.2) is 6.61 Å². The number of benzene rings is 1. The topological polar surface area (TPSA) is 115 Å². The number of ether oxygens (including phenoxy) is 1. The van der Waals surface area contributed by atoms with E-state index in [0.717, 1.165) is 15.6 Å². The fourth-order valence-corrected chi connectivity index (χ4v) is 3.21. The van der Waals surface area contributed by atoms with Gasteiger partial charge in [0.05, 0.1) is 12.0 Å². The summed E-state index contributed by atoms with van der Waals surface area (Å²) in [4.78, 5) is 23.9. The van der Waals surface area contributed by atoms with E-state index in [1.165, 1.54) is 11.3 Å². The Bertz CT molecular complexity index is 819. The summed E-state index contributed by atoms with van der Waals surface area (Å²) >= 11 is 1.50. The highest BCUT2D eigenvalue weighted by molar-refractivity contribution is 7.17. The SMILES string of the molecule is N#CCNC(=O)C(CNC(=O)OCC#N)c1csc2ccccc12. The van der Waals surface area contributed by atoms with E-state index in [2.05, 4.69) is 15.4 Å². The zero-order chi connectivity index (χ0) is 17.4. The number of rotatable bonds is 6. The monoisotopic (exact) mass is 342 g/mol. The Balaban J connectivity index is 2.20. The minimum atomic E-state index is -0.769. The van der Waals surface area contributed by atoms with Gasteiger partial charge in [-0.3, -0.25) is 4.79 Å². The number of nitrogens with zero attached hydrogens (tertiary/aromatic N) is 2. The standard InChI is InChI=1S/C16H14N4O3S/c17-5-7-19-15(21)12(9-20-16(22)23-8-6-18)13-10-24-14-4-2-1-3-11(13)14/h1-4,10,12H,7-9H2,(H,19,21)(H,20,22). The number of hydrogen-bond acceptors (Lipinski definition) is 6. The lowest BCUT2D eigenvalue weighted by Gasteiger charge is -2.16. The van der Waals surface area contributed by atoms with Crippen molar-refractivity contribution in [3.63, 3.8) is 0 Å². The molecule has 24 heavy (non-hydrogen) atoms. The van der Waals surface area contributed by atoms with E-state index in [1.54, 1.807) is 6.07 Å². The molecule has 0 bridgehead atoms. The van der Waals surface area contributed by atoms with Crippen LogP contribution in [-0.2, 0) is 9.53 Å². The van der Waals surface area contributed by atoms with Crippen LogP contribution in [0.4, 0.5) is 4.79 Å². The van der Waals surface area contributed by atoms with Crippen LogP contribution in [0.3, 0.4) is 0 Å². The number of nitriles is 2. The summed E-state index contributed by atoms with van der Waals surface area (Å²) in [5.74, 6) is -1.02. The summed E-state index contributed by atoms with van der Waals surface area (Å²) in [5.41, 5.74) is 0.770. The van der Waals surface area contributed by atoms with Gasteiger partial charge in [-0.25, -0.2) is 4.79 Å². The molecule has 0 aliphatic rings. The number of thiophene rings is 1. The lowest BCUT2D eigenvalue weighted by Crippen LogP contribution is -2.37. The van der Waals surface area contributed by atoms with Crippen LogP contribution in [0.1, 0.15) is 11.5 Å². The van der Waals surface area contributed by atoms with Crippen LogP contribution >= 0.6 is 11.3 Å². The highest BCUT2D eigenvalue weighted by Crippen LogP contribution is 2.31. The second-order valence-corrected chi connectivity index (χ2v) is 5.64. The predicted octanol–water partition coefficient (Wildman–Crippen LogP) is 1.87.